The minimum Gasteiger partial charge on any atom is -0.379 e. The Labute approximate surface area is 118 Å². The average molecular weight is 273 g/mol. The Bertz CT molecular complexity index is 543. The molecule has 2 rings (SSSR count). The zero-order valence-corrected chi connectivity index (χ0v) is 11.7. The van der Waals surface area contributed by atoms with E-state index in [4.69, 9.17) is 5.26 Å². The van der Waals surface area contributed by atoms with E-state index in [-0.39, 0.29) is 11.1 Å². The van der Waals surface area contributed by atoms with Crippen LogP contribution in [0.1, 0.15) is 44.6 Å². The van der Waals surface area contributed by atoms with Gasteiger partial charge in [-0.3, -0.25) is 10.1 Å². The fourth-order valence-corrected chi connectivity index (χ4v) is 2.79. The van der Waals surface area contributed by atoms with Gasteiger partial charge in [0.25, 0.3) is 5.69 Å². The summed E-state index contributed by atoms with van der Waals surface area (Å²) >= 11 is 0. The van der Waals surface area contributed by atoms with Crippen molar-refractivity contribution in [3.8, 4) is 6.07 Å². The predicted molar refractivity (Wildman–Crippen MR) is 77.5 cm³/mol. The third kappa shape index (κ3) is 3.27. The second kappa shape index (κ2) is 5.91. The minimum atomic E-state index is -0.438. The molecule has 20 heavy (non-hydrogen) atoms. The van der Waals surface area contributed by atoms with Crippen LogP contribution in [0.25, 0.3) is 0 Å². The van der Waals surface area contributed by atoms with Crippen LogP contribution >= 0.6 is 0 Å². The van der Waals surface area contributed by atoms with Crippen LogP contribution in [-0.4, -0.2) is 11.5 Å². The van der Waals surface area contributed by atoms with Gasteiger partial charge in [-0.2, -0.15) is 5.26 Å². The number of benzene rings is 1. The van der Waals surface area contributed by atoms with Gasteiger partial charge in [-0.1, -0.05) is 26.2 Å². The molecule has 0 spiro atoms. The van der Waals surface area contributed by atoms with Crippen LogP contribution in [0.15, 0.2) is 18.2 Å². The van der Waals surface area contributed by atoms with E-state index >= 15 is 0 Å². The maximum Gasteiger partial charge on any atom is 0.293 e. The van der Waals surface area contributed by atoms with Gasteiger partial charge in [0.05, 0.1) is 16.6 Å². The maximum absolute atomic E-state index is 11.1. The molecule has 0 heterocycles. The van der Waals surface area contributed by atoms with Crippen LogP contribution in [-0.2, 0) is 0 Å². The van der Waals surface area contributed by atoms with Crippen molar-refractivity contribution in [3.05, 3.63) is 33.9 Å². The fourth-order valence-electron chi connectivity index (χ4n) is 2.79. The van der Waals surface area contributed by atoms with Crippen LogP contribution < -0.4 is 5.32 Å². The Morgan fingerprint density at radius 2 is 2.10 bits per heavy atom. The van der Waals surface area contributed by atoms with Gasteiger partial charge in [0.1, 0.15) is 5.69 Å². The van der Waals surface area contributed by atoms with Crippen LogP contribution in [0, 0.1) is 26.9 Å². The molecule has 0 unspecified atom stereocenters. The van der Waals surface area contributed by atoms with Crippen LogP contribution in [0.3, 0.4) is 0 Å². The number of nitriles is 1. The molecule has 0 radical (unpaired) electrons. The van der Waals surface area contributed by atoms with Gasteiger partial charge in [0, 0.05) is 12.6 Å². The number of nitrogens with zero attached hydrogens (tertiary/aromatic N) is 2. The van der Waals surface area contributed by atoms with Gasteiger partial charge in [0.15, 0.2) is 0 Å². The molecule has 1 aromatic carbocycles. The lowest BCUT2D eigenvalue weighted by Gasteiger charge is -2.33. The Hall–Kier alpha value is -2.09. The second-order valence-electron chi connectivity index (χ2n) is 5.83. The molecule has 0 saturated heterocycles. The fraction of sp³-hybridized carbons (Fsp3) is 0.533. The van der Waals surface area contributed by atoms with Crippen molar-refractivity contribution in [3.63, 3.8) is 0 Å². The molecular weight excluding hydrogens is 254 g/mol. The van der Waals surface area contributed by atoms with E-state index in [1.54, 1.807) is 12.1 Å². The van der Waals surface area contributed by atoms with Gasteiger partial charge in [-0.25, -0.2) is 0 Å². The van der Waals surface area contributed by atoms with Crippen LogP contribution in [0.4, 0.5) is 11.4 Å². The number of hydrogen-bond donors (Lipinski definition) is 1. The normalized spacial score (nSPS) is 17.2. The summed E-state index contributed by atoms with van der Waals surface area (Å²) in [7, 11) is 0. The molecule has 0 atom stereocenters. The first-order valence-corrected chi connectivity index (χ1v) is 6.96. The van der Waals surface area contributed by atoms with Crippen molar-refractivity contribution >= 4 is 11.4 Å². The number of anilines is 1. The number of hydrogen-bond acceptors (Lipinski definition) is 4. The lowest BCUT2D eigenvalue weighted by atomic mass is 9.76. The smallest absolute Gasteiger partial charge is 0.293 e. The Morgan fingerprint density at radius 3 is 2.70 bits per heavy atom. The van der Waals surface area contributed by atoms with Crippen molar-refractivity contribution < 1.29 is 4.92 Å². The predicted octanol–water partition coefficient (Wildman–Crippen LogP) is 3.85. The highest BCUT2D eigenvalue weighted by molar-refractivity contribution is 5.64. The Kier molecular flexibility index (Phi) is 4.23. The van der Waals surface area contributed by atoms with E-state index in [1.807, 2.05) is 6.07 Å². The third-order valence-corrected chi connectivity index (χ3v) is 4.09. The van der Waals surface area contributed by atoms with Gasteiger partial charge in [-0.15, -0.1) is 0 Å². The first-order chi connectivity index (χ1) is 9.54. The van der Waals surface area contributed by atoms with E-state index in [1.165, 1.54) is 25.3 Å². The molecule has 1 N–H and O–H groups in total. The molecule has 0 aliphatic heterocycles. The van der Waals surface area contributed by atoms with Gasteiger partial charge < -0.3 is 5.32 Å². The first-order valence-electron chi connectivity index (χ1n) is 6.96. The summed E-state index contributed by atoms with van der Waals surface area (Å²) in [4.78, 5) is 10.6. The molecule has 1 aromatic rings. The highest BCUT2D eigenvalue weighted by Gasteiger charge is 2.27. The standard InChI is InChI=1S/C15H19N3O2/c1-15(7-3-2-4-8-15)11-17-13-6-5-12(10-16)9-14(13)18(19)20/h5-6,9,17H,2-4,7-8,11H2,1H3. The molecule has 0 aromatic heterocycles. The Balaban J connectivity index is 2.13. The van der Waals surface area contributed by atoms with Crippen molar-refractivity contribution in [2.75, 3.05) is 11.9 Å². The summed E-state index contributed by atoms with van der Waals surface area (Å²) < 4.78 is 0. The summed E-state index contributed by atoms with van der Waals surface area (Å²) in [6.07, 6.45) is 6.06. The molecule has 1 aliphatic rings. The SMILES string of the molecule is CC1(CNc2ccc(C#N)cc2[N+](=O)[O-])CCCCC1. The maximum atomic E-state index is 11.1. The van der Waals surface area contributed by atoms with Gasteiger partial charge in [0.2, 0.25) is 0 Å². The van der Waals surface area contributed by atoms with E-state index in [0.29, 0.717) is 11.3 Å². The number of nitro groups is 1. The summed E-state index contributed by atoms with van der Waals surface area (Å²) in [5.74, 6) is 0. The van der Waals surface area contributed by atoms with Crippen molar-refractivity contribution in [1.29, 1.82) is 5.26 Å². The highest BCUT2D eigenvalue weighted by atomic mass is 16.6. The van der Waals surface area contributed by atoms with Crippen molar-refractivity contribution in [2.24, 2.45) is 5.41 Å². The summed E-state index contributed by atoms with van der Waals surface area (Å²) in [6.45, 7) is 2.97. The van der Waals surface area contributed by atoms with Crippen molar-refractivity contribution in [1.82, 2.24) is 0 Å². The van der Waals surface area contributed by atoms with Gasteiger partial charge in [-0.05, 0) is 30.4 Å². The summed E-state index contributed by atoms with van der Waals surface area (Å²) in [5.41, 5.74) is 0.996. The molecule has 0 amide bonds. The Morgan fingerprint density at radius 1 is 1.40 bits per heavy atom. The largest absolute Gasteiger partial charge is 0.379 e. The van der Waals surface area contributed by atoms with Crippen LogP contribution in [0.2, 0.25) is 0 Å². The lowest BCUT2D eigenvalue weighted by Crippen LogP contribution is -2.29. The summed E-state index contributed by atoms with van der Waals surface area (Å²) in [5, 5.41) is 23.1. The molecule has 106 valence electrons. The molecular formula is C15H19N3O2. The van der Waals surface area contributed by atoms with E-state index in [9.17, 15) is 10.1 Å². The minimum absolute atomic E-state index is 0.0246. The second-order valence-corrected chi connectivity index (χ2v) is 5.83. The van der Waals surface area contributed by atoms with E-state index < -0.39 is 4.92 Å². The monoisotopic (exact) mass is 273 g/mol. The third-order valence-electron chi connectivity index (χ3n) is 4.09. The van der Waals surface area contributed by atoms with E-state index in [2.05, 4.69) is 12.2 Å². The number of rotatable bonds is 4. The molecule has 5 nitrogen and oxygen atoms in total. The topological polar surface area (TPSA) is 79.0 Å². The number of nitrogens with one attached hydrogen (secondary N) is 1. The molecule has 0 bridgehead atoms. The molecule has 5 heteroatoms. The summed E-state index contributed by atoms with van der Waals surface area (Å²) in [6, 6.07) is 6.49. The van der Waals surface area contributed by atoms with Crippen molar-refractivity contribution in [2.45, 2.75) is 39.0 Å². The molecule has 1 saturated carbocycles. The molecule has 1 fully saturated rings. The lowest BCUT2D eigenvalue weighted by molar-refractivity contribution is -0.384. The van der Waals surface area contributed by atoms with Gasteiger partial charge >= 0.3 is 0 Å². The average Bonchev–Trinajstić information content (AvgIpc) is 2.45. The zero-order chi connectivity index (χ0) is 14.6. The quantitative estimate of drug-likeness (QED) is 0.667. The van der Waals surface area contributed by atoms with E-state index in [0.717, 1.165) is 19.4 Å². The first kappa shape index (κ1) is 14.3. The zero-order valence-electron chi connectivity index (χ0n) is 11.7. The highest BCUT2D eigenvalue weighted by Crippen LogP contribution is 2.36. The molecule has 1 aliphatic carbocycles. The number of nitro benzene ring substituents is 1. The van der Waals surface area contributed by atoms with Crippen LogP contribution in [0.5, 0.6) is 0 Å².